The lowest BCUT2D eigenvalue weighted by Gasteiger charge is -2.12. The van der Waals surface area contributed by atoms with Crippen molar-refractivity contribution in [2.45, 2.75) is 20.8 Å². The zero-order valence-electron chi connectivity index (χ0n) is 14.4. The molecular formula is C17H19N3O4S. The van der Waals surface area contributed by atoms with Gasteiger partial charge in [-0.3, -0.25) is 19.7 Å². The summed E-state index contributed by atoms with van der Waals surface area (Å²) < 4.78 is 0.831. The quantitative estimate of drug-likeness (QED) is 0.636. The van der Waals surface area contributed by atoms with Crippen molar-refractivity contribution < 1.29 is 9.72 Å². The molecule has 7 nitrogen and oxygen atoms in total. The van der Waals surface area contributed by atoms with Crippen LogP contribution in [-0.4, -0.2) is 22.7 Å². The number of H-pyrrole nitrogens is 1. The first-order chi connectivity index (χ1) is 11.6. The summed E-state index contributed by atoms with van der Waals surface area (Å²) in [6, 6.07) is 4.66. The van der Waals surface area contributed by atoms with E-state index in [2.05, 4.69) is 10.3 Å². The van der Waals surface area contributed by atoms with Crippen LogP contribution in [0.15, 0.2) is 23.0 Å². The van der Waals surface area contributed by atoms with Crippen molar-refractivity contribution in [2.75, 3.05) is 12.4 Å². The van der Waals surface area contributed by atoms with E-state index in [4.69, 9.17) is 0 Å². The summed E-state index contributed by atoms with van der Waals surface area (Å²) in [5.41, 5.74) is -0.00929. The zero-order chi connectivity index (χ0) is 18.8. The standard InChI is InChI=1S/C17H19N3O4S/c1-17(2,3)14(21)9-15-19-16(22)13(25-15)8-10-5-6-11(18-4)12(7-10)20(23)24/h5-9,18H,1-4H3,(H,19,22)/b13-8+,15-9+. The number of hydrogen-bond acceptors (Lipinski definition) is 6. The maximum Gasteiger partial charge on any atom is 0.292 e. The lowest BCUT2D eigenvalue weighted by molar-refractivity contribution is -0.384. The predicted molar refractivity (Wildman–Crippen MR) is 99.3 cm³/mol. The minimum absolute atomic E-state index is 0.0704. The molecule has 25 heavy (non-hydrogen) atoms. The van der Waals surface area contributed by atoms with Gasteiger partial charge in [0.05, 0.1) is 14.1 Å². The van der Waals surface area contributed by atoms with E-state index in [1.165, 1.54) is 12.1 Å². The number of nitrogens with zero attached hydrogens (tertiary/aromatic N) is 1. The molecule has 0 saturated carbocycles. The molecule has 0 amide bonds. The molecule has 0 bridgehead atoms. The van der Waals surface area contributed by atoms with Crippen LogP contribution in [0.2, 0.25) is 0 Å². The van der Waals surface area contributed by atoms with Crippen molar-refractivity contribution >= 4 is 40.6 Å². The number of thiazole rings is 1. The topological polar surface area (TPSA) is 105 Å². The molecule has 2 N–H and O–H groups in total. The molecule has 1 aromatic heterocycles. The number of carbonyl (C=O) groups is 1. The second kappa shape index (κ2) is 7.02. The van der Waals surface area contributed by atoms with Gasteiger partial charge in [0.1, 0.15) is 5.69 Å². The van der Waals surface area contributed by atoms with E-state index in [9.17, 15) is 19.7 Å². The Morgan fingerprint density at radius 2 is 2.04 bits per heavy atom. The minimum atomic E-state index is -0.533. The number of hydrogen-bond donors (Lipinski definition) is 2. The lowest BCUT2D eigenvalue weighted by Crippen LogP contribution is -2.22. The molecule has 8 heteroatoms. The van der Waals surface area contributed by atoms with E-state index < -0.39 is 10.3 Å². The second-order valence-corrected chi connectivity index (χ2v) is 7.56. The Morgan fingerprint density at radius 1 is 1.36 bits per heavy atom. The van der Waals surface area contributed by atoms with Gasteiger partial charge in [0, 0.05) is 24.6 Å². The largest absolute Gasteiger partial charge is 0.383 e. The average molecular weight is 361 g/mol. The first-order valence-electron chi connectivity index (χ1n) is 7.55. The molecule has 132 valence electrons. The number of aromatic amines is 1. The monoisotopic (exact) mass is 361 g/mol. The Hall–Kier alpha value is -2.74. The van der Waals surface area contributed by atoms with Gasteiger partial charge in [-0.1, -0.05) is 26.8 Å². The highest BCUT2D eigenvalue weighted by Crippen LogP contribution is 2.25. The molecular weight excluding hydrogens is 342 g/mol. The fourth-order valence-corrected chi connectivity index (χ4v) is 2.90. The van der Waals surface area contributed by atoms with Gasteiger partial charge in [0.15, 0.2) is 5.78 Å². The summed E-state index contributed by atoms with van der Waals surface area (Å²) in [4.78, 5) is 37.4. The van der Waals surface area contributed by atoms with E-state index in [0.29, 0.717) is 20.4 Å². The molecule has 0 atom stereocenters. The maximum absolute atomic E-state index is 12.1. The summed E-state index contributed by atoms with van der Waals surface area (Å²) in [6.45, 7) is 5.40. The molecule has 0 spiro atoms. The minimum Gasteiger partial charge on any atom is -0.383 e. The van der Waals surface area contributed by atoms with Crippen molar-refractivity contribution in [1.29, 1.82) is 0 Å². The SMILES string of the molecule is CNc1ccc(/C=c2/s/c(=C/C(=O)C(C)(C)C)[nH]c2=O)cc1[N+](=O)[O-]. The van der Waals surface area contributed by atoms with Crippen molar-refractivity contribution in [3.63, 3.8) is 0 Å². The smallest absolute Gasteiger partial charge is 0.292 e. The van der Waals surface area contributed by atoms with Crippen molar-refractivity contribution in [3.8, 4) is 0 Å². The number of nitro benzene ring substituents is 1. The Kier molecular flexibility index (Phi) is 5.22. The fraction of sp³-hybridized carbons (Fsp3) is 0.294. The Balaban J connectivity index is 2.52. The van der Waals surface area contributed by atoms with Crippen LogP contribution in [0.5, 0.6) is 0 Å². The van der Waals surface area contributed by atoms with E-state index in [1.54, 1.807) is 46.0 Å². The summed E-state index contributed by atoms with van der Waals surface area (Å²) >= 11 is 1.14. The molecule has 0 radical (unpaired) electrons. The molecule has 2 aromatic rings. The van der Waals surface area contributed by atoms with Crippen LogP contribution in [0.4, 0.5) is 11.4 Å². The Labute approximate surface area is 147 Å². The number of benzene rings is 1. The van der Waals surface area contributed by atoms with Crippen LogP contribution in [0.3, 0.4) is 0 Å². The molecule has 1 heterocycles. The predicted octanol–water partition coefficient (Wildman–Crippen LogP) is 1.61. The van der Waals surface area contributed by atoms with Crippen molar-refractivity contribution in [2.24, 2.45) is 5.41 Å². The number of carbonyl (C=O) groups excluding carboxylic acids is 1. The first-order valence-corrected chi connectivity index (χ1v) is 8.36. The van der Waals surface area contributed by atoms with Gasteiger partial charge in [-0.05, 0) is 17.7 Å². The fourth-order valence-electron chi connectivity index (χ4n) is 2.01. The van der Waals surface area contributed by atoms with Gasteiger partial charge in [-0.2, -0.15) is 0 Å². The van der Waals surface area contributed by atoms with Crippen LogP contribution in [-0.2, 0) is 4.79 Å². The molecule has 2 rings (SSSR count). The number of nitrogens with one attached hydrogen (secondary N) is 2. The third-order valence-electron chi connectivity index (χ3n) is 3.47. The van der Waals surface area contributed by atoms with E-state index in [-0.39, 0.29) is 17.0 Å². The van der Waals surface area contributed by atoms with E-state index >= 15 is 0 Å². The summed E-state index contributed by atoms with van der Waals surface area (Å²) in [6.07, 6.45) is 2.98. The third-order valence-corrected chi connectivity index (χ3v) is 4.43. The van der Waals surface area contributed by atoms with Crippen molar-refractivity contribution in [1.82, 2.24) is 4.98 Å². The van der Waals surface area contributed by atoms with Gasteiger partial charge >= 0.3 is 0 Å². The third kappa shape index (κ3) is 4.42. The number of aromatic nitrogens is 1. The highest BCUT2D eigenvalue weighted by atomic mass is 32.1. The van der Waals surface area contributed by atoms with E-state index in [0.717, 1.165) is 11.3 Å². The van der Waals surface area contributed by atoms with E-state index in [1.807, 2.05) is 0 Å². The first kappa shape index (κ1) is 18.6. The van der Waals surface area contributed by atoms with Gasteiger partial charge in [0.2, 0.25) is 0 Å². The van der Waals surface area contributed by atoms with Gasteiger partial charge in [-0.25, -0.2) is 0 Å². The number of nitro groups is 1. The molecule has 0 unspecified atom stereocenters. The van der Waals surface area contributed by atoms with Crippen LogP contribution < -0.4 is 20.1 Å². The van der Waals surface area contributed by atoms with Crippen LogP contribution in [0.1, 0.15) is 26.3 Å². The summed E-state index contributed by atoms with van der Waals surface area (Å²) in [5, 5.41) is 13.9. The molecule has 0 saturated heterocycles. The summed E-state index contributed by atoms with van der Waals surface area (Å²) in [5.74, 6) is -0.0921. The van der Waals surface area contributed by atoms with Gasteiger partial charge in [-0.15, -0.1) is 11.3 Å². The molecule has 1 aromatic carbocycles. The number of rotatable bonds is 4. The average Bonchev–Trinajstić information content (AvgIpc) is 2.85. The normalized spacial score (nSPS) is 13.1. The highest BCUT2D eigenvalue weighted by molar-refractivity contribution is 7.07. The van der Waals surface area contributed by atoms with Gasteiger partial charge in [0.25, 0.3) is 11.2 Å². The molecule has 0 aliphatic heterocycles. The number of ketones is 1. The second-order valence-electron chi connectivity index (χ2n) is 6.47. The molecule has 0 aliphatic rings. The summed E-state index contributed by atoms with van der Waals surface area (Å²) in [7, 11) is 1.60. The van der Waals surface area contributed by atoms with Crippen LogP contribution >= 0.6 is 11.3 Å². The Bertz CT molecular complexity index is 996. The zero-order valence-corrected chi connectivity index (χ0v) is 15.2. The number of anilines is 1. The van der Waals surface area contributed by atoms with Crippen LogP contribution in [0.25, 0.3) is 12.2 Å². The number of Topliss-reactive ketones (excluding diaryl/α,β-unsaturated/α-hetero) is 1. The highest BCUT2D eigenvalue weighted by Gasteiger charge is 2.18. The Morgan fingerprint density at radius 3 is 2.60 bits per heavy atom. The maximum atomic E-state index is 12.1. The van der Waals surface area contributed by atoms with Crippen molar-refractivity contribution in [3.05, 3.63) is 53.4 Å². The molecule has 0 aliphatic carbocycles. The van der Waals surface area contributed by atoms with Gasteiger partial charge < -0.3 is 10.3 Å². The van der Waals surface area contributed by atoms with Crippen LogP contribution in [0, 0.1) is 15.5 Å². The molecule has 0 fully saturated rings. The lowest BCUT2D eigenvalue weighted by atomic mass is 9.91.